The molecule has 1 aromatic carbocycles. The van der Waals surface area contributed by atoms with Gasteiger partial charge in [0.1, 0.15) is 4.75 Å². The molecular formula is C14H15NS. The molecule has 1 nitrogen and oxygen atoms in total. The molecule has 0 unspecified atom stereocenters. The molecule has 2 aliphatic carbocycles. The molecule has 0 atom stereocenters. The second-order valence-electron chi connectivity index (χ2n) is 4.85. The highest BCUT2D eigenvalue weighted by Gasteiger charge is 2.44. The van der Waals surface area contributed by atoms with Gasteiger partial charge in [-0.15, -0.1) is 11.8 Å². The van der Waals surface area contributed by atoms with Crippen LogP contribution < -0.4 is 0 Å². The summed E-state index contributed by atoms with van der Waals surface area (Å²) in [6, 6.07) is 9.23. The van der Waals surface area contributed by atoms with E-state index in [4.69, 9.17) is 5.26 Å². The Morgan fingerprint density at radius 2 is 1.88 bits per heavy atom. The lowest BCUT2D eigenvalue weighted by atomic mass is 9.92. The third-order valence-electron chi connectivity index (χ3n) is 3.54. The van der Waals surface area contributed by atoms with Crippen molar-refractivity contribution in [2.24, 2.45) is 0 Å². The zero-order chi connectivity index (χ0) is 11.0. The van der Waals surface area contributed by atoms with Crippen LogP contribution in [0.5, 0.6) is 0 Å². The van der Waals surface area contributed by atoms with Gasteiger partial charge >= 0.3 is 0 Å². The Labute approximate surface area is 101 Å². The smallest absolute Gasteiger partial charge is 0.107 e. The topological polar surface area (TPSA) is 23.8 Å². The number of benzene rings is 1. The van der Waals surface area contributed by atoms with E-state index >= 15 is 0 Å². The Bertz CT molecular complexity index is 454. The maximum Gasteiger partial charge on any atom is 0.107 e. The predicted octanol–water partition coefficient (Wildman–Crippen LogP) is 3.71. The van der Waals surface area contributed by atoms with Crippen LogP contribution in [0, 0.1) is 11.3 Å². The first-order valence-corrected chi connectivity index (χ1v) is 6.85. The number of nitrogens with zero attached hydrogens (tertiary/aromatic N) is 1. The fourth-order valence-electron chi connectivity index (χ4n) is 2.35. The lowest BCUT2D eigenvalue weighted by Gasteiger charge is -2.17. The predicted molar refractivity (Wildman–Crippen MR) is 66.5 cm³/mol. The van der Waals surface area contributed by atoms with Crippen LogP contribution in [0.2, 0.25) is 0 Å². The third-order valence-corrected chi connectivity index (χ3v) is 4.92. The van der Waals surface area contributed by atoms with Gasteiger partial charge in [-0.1, -0.05) is 6.07 Å². The van der Waals surface area contributed by atoms with Crippen molar-refractivity contribution in [2.75, 3.05) is 0 Å². The van der Waals surface area contributed by atoms with Crippen molar-refractivity contribution in [1.82, 2.24) is 0 Å². The van der Waals surface area contributed by atoms with E-state index < -0.39 is 0 Å². The number of rotatable bonds is 2. The summed E-state index contributed by atoms with van der Waals surface area (Å²) >= 11 is 1.77. The Morgan fingerprint density at radius 3 is 2.56 bits per heavy atom. The Balaban J connectivity index is 1.84. The lowest BCUT2D eigenvalue weighted by Crippen LogP contribution is -2.03. The van der Waals surface area contributed by atoms with Crippen LogP contribution in [0.4, 0.5) is 0 Å². The van der Waals surface area contributed by atoms with Crippen LogP contribution in [-0.4, -0.2) is 4.75 Å². The van der Waals surface area contributed by atoms with Crippen molar-refractivity contribution in [3.05, 3.63) is 29.3 Å². The number of hydrogen-bond acceptors (Lipinski definition) is 2. The summed E-state index contributed by atoms with van der Waals surface area (Å²) in [4.78, 5) is 1.29. The van der Waals surface area contributed by atoms with Gasteiger partial charge in [0.15, 0.2) is 0 Å². The van der Waals surface area contributed by atoms with E-state index in [9.17, 15) is 0 Å². The van der Waals surface area contributed by atoms with Gasteiger partial charge in [0.05, 0.1) is 6.07 Å². The molecule has 2 heteroatoms. The summed E-state index contributed by atoms with van der Waals surface area (Å²) < 4.78 is -0.0805. The van der Waals surface area contributed by atoms with Crippen LogP contribution in [0.25, 0.3) is 0 Å². The van der Waals surface area contributed by atoms with E-state index in [0.29, 0.717) is 0 Å². The molecule has 1 fully saturated rings. The summed E-state index contributed by atoms with van der Waals surface area (Å²) in [6.45, 7) is 0. The van der Waals surface area contributed by atoms with E-state index in [1.807, 2.05) is 0 Å². The molecule has 3 rings (SSSR count). The highest BCUT2D eigenvalue weighted by molar-refractivity contribution is 8.01. The molecule has 0 heterocycles. The molecule has 0 radical (unpaired) electrons. The van der Waals surface area contributed by atoms with Crippen LogP contribution in [-0.2, 0) is 12.8 Å². The molecule has 0 saturated heterocycles. The molecule has 0 amide bonds. The van der Waals surface area contributed by atoms with Gasteiger partial charge < -0.3 is 0 Å². The van der Waals surface area contributed by atoms with E-state index in [0.717, 1.165) is 12.8 Å². The Hall–Kier alpha value is -0.940. The first-order valence-electron chi connectivity index (χ1n) is 6.03. The normalized spacial score (nSPS) is 20.9. The Morgan fingerprint density at radius 1 is 1.12 bits per heavy atom. The number of nitriles is 1. The molecule has 0 aliphatic heterocycles. The summed E-state index contributed by atoms with van der Waals surface area (Å²) in [7, 11) is 0. The molecule has 0 spiro atoms. The third kappa shape index (κ3) is 1.85. The quantitative estimate of drug-likeness (QED) is 0.772. The SMILES string of the molecule is N#CC1(Sc2ccc3c(c2)CCCC3)CC1. The van der Waals surface area contributed by atoms with Gasteiger partial charge in [-0.25, -0.2) is 0 Å². The van der Waals surface area contributed by atoms with Crippen molar-refractivity contribution >= 4 is 11.8 Å². The fourth-order valence-corrected chi connectivity index (χ4v) is 3.49. The van der Waals surface area contributed by atoms with Gasteiger partial charge in [0, 0.05) is 4.90 Å². The average molecular weight is 229 g/mol. The molecular weight excluding hydrogens is 214 g/mol. The summed E-state index contributed by atoms with van der Waals surface area (Å²) in [6.07, 6.45) is 7.25. The number of fused-ring (bicyclic) bond motifs is 1. The molecule has 2 aliphatic rings. The number of thioether (sulfide) groups is 1. The van der Waals surface area contributed by atoms with Crippen molar-refractivity contribution in [3.63, 3.8) is 0 Å². The van der Waals surface area contributed by atoms with Gasteiger partial charge in [-0.3, -0.25) is 0 Å². The first kappa shape index (κ1) is 10.2. The second kappa shape index (κ2) is 3.82. The maximum absolute atomic E-state index is 9.09. The monoisotopic (exact) mass is 229 g/mol. The highest BCUT2D eigenvalue weighted by Crippen LogP contribution is 2.51. The average Bonchev–Trinajstić information content (AvgIpc) is 3.09. The summed E-state index contributed by atoms with van der Waals surface area (Å²) in [5.41, 5.74) is 3.04. The van der Waals surface area contributed by atoms with Gasteiger partial charge in [-0.05, 0) is 61.8 Å². The fraction of sp³-hybridized carbons (Fsp3) is 0.500. The molecule has 1 aromatic rings. The van der Waals surface area contributed by atoms with Crippen molar-refractivity contribution in [1.29, 1.82) is 5.26 Å². The van der Waals surface area contributed by atoms with Gasteiger partial charge in [0.25, 0.3) is 0 Å². The zero-order valence-corrected chi connectivity index (χ0v) is 10.1. The molecule has 1 saturated carbocycles. The summed E-state index contributed by atoms with van der Waals surface area (Å²) in [5, 5.41) is 9.09. The lowest BCUT2D eigenvalue weighted by molar-refractivity contribution is 0.683. The minimum Gasteiger partial charge on any atom is -0.197 e. The summed E-state index contributed by atoms with van der Waals surface area (Å²) in [5.74, 6) is 0. The Kier molecular flexibility index (Phi) is 2.44. The number of hydrogen-bond donors (Lipinski definition) is 0. The van der Waals surface area contributed by atoms with E-state index in [1.54, 1.807) is 11.8 Å². The van der Waals surface area contributed by atoms with Crippen LogP contribution in [0.3, 0.4) is 0 Å². The molecule has 0 N–H and O–H groups in total. The van der Waals surface area contributed by atoms with Crippen LogP contribution in [0.15, 0.2) is 23.1 Å². The first-order chi connectivity index (χ1) is 7.81. The largest absolute Gasteiger partial charge is 0.197 e. The van der Waals surface area contributed by atoms with Gasteiger partial charge in [0.2, 0.25) is 0 Å². The molecule has 16 heavy (non-hydrogen) atoms. The van der Waals surface area contributed by atoms with Crippen molar-refractivity contribution in [3.8, 4) is 6.07 Å². The second-order valence-corrected chi connectivity index (χ2v) is 6.30. The van der Waals surface area contributed by atoms with Crippen LogP contribution in [0.1, 0.15) is 36.8 Å². The molecule has 0 bridgehead atoms. The number of aryl methyl sites for hydroxylation is 2. The zero-order valence-electron chi connectivity index (χ0n) is 9.33. The van der Waals surface area contributed by atoms with E-state index in [2.05, 4.69) is 24.3 Å². The standard InChI is InChI=1S/C14H15NS/c15-10-14(7-8-14)16-13-6-5-11-3-1-2-4-12(11)9-13/h5-6,9H,1-4,7-8H2. The van der Waals surface area contributed by atoms with E-state index in [1.165, 1.54) is 41.7 Å². The van der Waals surface area contributed by atoms with Crippen molar-refractivity contribution in [2.45, 2.75) is 48.2 Å². The molecule has 82 valence electrons. The molecule has 0 aromatic heterocycles. The highest BCUT2D eigenvalue weighted by atomic mass is 32.2. The maximum atomic E-state index is 9.09. The van der Waals surface area contributed by atoms with Crippen molar-refractivity contribution < 1.29 is 0 Å². The van der Waals surface area contributed by atoms with Gasteiger partial charge in [-0.2, -0.15) is 5.26 Å². The van der Waals surface area contributed by atoms with E-state index in [-0.39, 0.29) is 4.75 Å². The minimum atomic E-state index is -0.0805. The minimum absolute atomic E-state index is 0.0805. The van der Waals surface area contributed by atoms with Crippen LogP contribution >= 0.6 is 11.8 Å².